The van der Waals surface area contributed by atoms with Gasteiger partial charge in [-0.1, -0.05) is 54.1 Å². The Kier molecular flexibility index (Phi) is 7.65. The molecule has 2 aliphatic rings. The molecule has 4 N–H and O–H groups in total. The predicted molar refractivity (Wildman–Crippen MR) is 163 cm³/mol. The predicted octanol–water partition coefficient (Wildman–Crippen LogP) is 5.46. The van der Waals surface area contributed by atoms with Gasteiger partial charge in [0, 0.05) is 36.6 Å². The van der Waals surface area contributed by atoms with Gasteiger partial charge in [0.1, 0.15) is 19.7 Å². The normalized spacial score (nSPS) is 16.7. The van der Waals surface area contributed by atoms with E-state index < -0.39 is 5.44 Å². The first kappa shape index (κ1) is 27.9. The van der Waals surface area contributed by atoms with Crippen molar-refractivity contribution in [3.8, 4) is 6.07 Å². The summed E-state index contributed by atoms with van der Waals surface area (Å²) in [5.41, 5.74) is 9.35. The van der Waals surface area contributed by atoms with Crippen molar-refractivity contribution in [2.45, 2.75) is 30.4 Å². The van der Waals surface area contributed by atoms with Gasteiger partial charge in [0.05, 0.1) is 45.6 Å². The van der Waals surface area contributed by atoms with Gasteiger partial charge in [-0.2, -0.15) is 5.26 Å². The van der Waals surface area contributed by atoms with Gasteiger partial charge in [0.15, 0.2) is 0 Å². The molecule has 3 aromatic carbocycles. The average Bonchev–Trinajstić information content (AvgIpc) is 3.73. The fraction of sp³-hybridized carbons (Fsp3) is 0.226. The third-order valence-corrected chi connectivity index (χ3v) is 7.78. The van der Waals surface area contributed by atoms with Crippen LogP contribution in [0.4, 0.5) is 15.8 Å². The molecule has 1 saturated carbocycles. The average molecular weight is 580 g/mol. The van der Waals surface area contributed by atoms with Crippen LogP contribution in [-0.4, -0.2) is 37.6 Å². The van der Waals surface area contributed by atoms with Gasteiger partial charge in [0.2, 0.25) is 0 Å². The zero-order valence-electron chi connectivity index (χ0n) is 22.9. The summed E-state index contributed by atoms with van der Waals surface area (Å²) in [7, 11) is 8.73. The first-order valence-electron chi connectivity index (χ1n) is 13.6. The largest absolute Gasteiger partial charge is 0.382 e. The number of aromatic nitrogens is 1. The SMILES string of the molecule is [B][C@@](Nc1cc(Cl)c2ncc(C#N)c(N[C@H](COC)c3ccccc3)c2c1)(C1=CN(C2CC2)NN1)c1ccc(F)cc1. The topological polar surface area (TPSA) is 97.3 Å². The standard InChI is InChI=1S/C31H28BClFN7O/c1-42-18-27(19-5-3-2-4-6-19)37-29-20(15-35)16-36-30-25(29)13-23(14-26(30)33)38-31(32,21-7-9-22(34)10-8-21)28-17-41(40-39-28)24-11-12-24/h2-10,13-14,16-17,24,27,38-40H,11-12,18H2,1H3,(H,36,37)/t27-,31+/m1/s1. The van der Waals surface area contributed by atoms with Crippen LogP contribution >= 0.6 is 11.6 Å². The van der Waals surface area contributed by atoms with Crippen molar-refractivity contribution in [1.29, 1.82) is 5.26 Å². The number of fused-ring (bicyclic) bond motifs is 1. The highest BCUT2D eigenvalue weighted by Gasteiger charge is 2.37. The number of anilines is 2. The summed E-state index contributed by atoms with van der Waals surface area (Å²) in [6, 6.07) is 21.9. The first-order valence-corrected chi connectivity index (χ1v) is 14.0. The number of hydrogen-bond donors (Lipinski definition) is 4. The quantitative estimate of drug-likeness (QED) is 0.184. The monoisotopic (exact) mass is 579 g/mol. The van der Waals surface area contributed by atoms with E-state index in [9.17, 15) is 9.65 Å². The minimum absolute atomic E-state index is 0.246. The number of nitrogens with one attached hydrogen (secondary N) is 4. The summed E-state index contributed by atoms with van der Waals surface area (Å²) >= 11 is 6.79. The van der Waals surface area contributed by atoms with Crippen molar-refractivity contribution >= 4 is 41.7 Å². The number of nitriles is 1. The molecule has 0 saturated heterocycles. The van der Waals surface area contributed by atoms with Gasteiger partial charge in [-0.3, -0.25) is 9.99 Å². The molecule has 11 heteroatoms. The Morgan fingerprint density at radius 2 is 1.98 bits per heavy atom. The highest BCUT2D eigenvalue weighted by molar-refractivity contribution is 6.36. The molecule has 2 heterocycles. The number of hydrazine groups is 2. The van der Waals surface area contributed by atoms with E-state index in [1.165, 1.54) is 18.3 Å². The van der Waals surface area contributed by atoms with Gasteiger partial charge in [-0.05, 0) is 48.2 Å². The third-order valence-electron chi connectivity index (χ3n) is 7.49. The van der Waals surface area contributed by atoms with E-state index in [0.29, 0.717) is 56.8 Å². The molecule has 210 valence electrons. The number of halogens is 2. The Bertz CT molecular complexity index is 1680. The molecular formula is C31H28BClFN7O. The minimum atomic E-state index is -1.29. The second-order valence-corrected chi connectivity index (χ2v) is 10.8. The molecule has 2 radical (unpaired) electrons. The van der Waals surface area contributed by atoms with Crippen LogP contribution in [0.2, 0.25) is 5.02 Å². The van der Waals surface area contributed by atoms with Gasteiger partial charge >= 0.3 is 0 Å². The highest BCUT2D eigenvalue weighted by Crippen LogP contribution is 2.39. The lowest BCUT2D eigenvalue weighted by atomic mass is 9.69. The number of rotatable bonds is 10. The lowest BCUT2D eigenvalue weighted by Crippen LogP contribution is -2.45. The van der Waals surface area contributed by atoms with Crippen LogP contribution in [-0.2, 0) is 10.2 Å². The van der Waals surface area contributed by atoms with Crippen molar-refractivity contribution in [3.63, 3.8) is 0 Å². The summed E-state index contributed by atoms with van der Waals surface area (Å²) in [6.45, 7) is 0.366. The highest BCUT2D eigenvalue weighted by atomic mass is 35.5. The molecule has 1 aliphatic heterocycles. The molecule has 0 spiro atoms. The lowest BCUT2D eigenvalue weighted by molar-refractivity contribution is 0.186. The van der Waals surface area contributed by atoms with E-state index in [1.807, 2.05) is 47.6 Å². The second kappa shape index (κ2) is 11.5. The van der Waals surface area contributed by atoms with E-state index in [0.717, 1.165) is 18.4 Å². The van der Waals surface area contributed by atoms with Crippen LogP contribution in [0.25, 0.3) is 10.9 Å². The summed E-state index contributed by atoms with van der Waals surface area (Å²) in [5.74, 6) is -0.365. The smallest absolute Gasteiger partial charge is 0.123 e. The summed E-state index contributed by atoms with van der Waals surface area (Å²) in [4.78, 5) is 4.49. The zero-order chi connectivity index (χ0) is 29.3. The molecule has 42 heavy (non-hydrogen) atoms. The fourth-order valence-electron chi connectivity index (χ4n) is 5.13. The Morgan fingerprint density at radius 3 is 2.67 bits per heavy atom. The van der Waals surface area contributed by atoms with E-state index >= 15 is 0 Å². The zero-order valence-corrected chi connectivity index (χ0v) is 23.6. The Morgan fingerprint density at radius 1 is 1.21 bits per heavy atom. The Balaban J connectivity index is 1.44. The summed E-state index contributed by atoms with van der Waals surface area (Å²) in [5, 5.41) is 19.9. The number of ether oxygens (including phenoxy) is 1. The minimum Gasteiger partial charge on any atom is -0.382 e. The maximum Gasteiger partial charge on any atom is 0.123 e. The van der Waals surface area contributed by atoms with Crippen LogP contribution in [0, 0.1) is 17.1 Å². The van der Waals surface area contributed by atoms with Crippen LogP contribution in [0.3, 0.4) is 0 Å². The molecule has 1 fully saturated rings. The van der Waals surface area contributed by atoms with Gasteiger partial charge in [0.25, 0.3) is 0 Å². The van der Waals surface area contributed by atoms with Crippen LogP contribution in [0.15, 0.2) is 84.8 Å². The number of pyridine rings is 1. The number of benzene rings is 3. The van der Waals surface area contributed by atoms with Gasteiger partial charge < -0.3 is 20.8 Å². The van der Waals surface area contributed by atoms with E-state index in [-0.39, 0.29) is 11.9 Å². The van der Waals surface area contributed by atoms with Crippen molar-refractivity contribution < 1.29 is 9.13 Å². The first-order chi connectivity index (χ1) is 20.4. The summed E-state index contributed by atoms with van der Waals surface area (Å²) in [6.07, 6.45) is 5.60. The molecule has 0 unspecified atom stereocenters. The third kappa shape index (κ3) is 5.47. The van der Waals surface area contributed by atoms with Crippen molar-refractivity contribution in [2.24, 2.45) is 0 Å². The number of nitrogens with zero attached hydrogens (tertiary/aromatic N) is 3. The van der Waals surface area contributed by atoms with Gasteiger partial charge in [-0.25, -0.2) is 4.39 Å². The van der Waals surface area contributed by atoms with Crippen LogP contribution < -0.4 is 21.6 Å². The lowest BCUT2D eigenvalue weighted by Gasteiger charge is -2.34. The summed E-state index contributed by atoms with van der Waals surface area (Å²) < 4.78 is 19.4. The van der Waals surface area contributed by atoms with E-state index in [2.05, 4.69) is 32.6 Å². The second-order valence-electron chi connectivity index (χ2n) is 10.4. The molecular weight excluding hydrogens is 552 g/mol. The maximum atomic E-state index is 13.9. The molecule has 0 bridgehead atoms. The number of hydrogen-bond acceptors (Lipinski definition) is 8. The van der Waals surface area contributed by atoms with Crippen molar-refractivity contribution in [1.82, 2.24) is 21.0 Å². The molecule has 8 nitrogen and oxygen atoms in total. The van der Waals surface area contributed by atoms with Crippen LogP contribution in [0.5, 0.6) is 0 Å². The van der Waals surface area contributed by atoms with E-state index in [1.54, 1.807) is 25.3 Å². The molecule has 2 atom stereocenters. The van der Waals surface area contributed by atoms with E-state index in [4.69, 9.17) is 24.2 Å². The number of methoxy groups -OCH3 is 1. The Hall–Kier alpha value is -4.30. The van der Waals surface area contributed by atoms with Gasteiger partial charge in [-0.15, -0.1) is 5.53 Å². The molecule has 1 aliphatic carbocycles. The molecule has 1 aromatic heterocycles. The molecule has 0 amide bonds. The maximum absolute atomic E-state index is 13.9. The molecule has 6 rings (SSSR count). The molecule has 4 aromatic rings. The van der Waals surface area contributed by atoms with Crippen molar-refractivity contribution in [3.05, 3.63) is 112 Å². The van der Waals surface area contributed by atoms with Crippen LogP contribution in [0.1, 0.15) is 35.6 Å². The van der Waals surface area contributed by atoms with Crippen molar-refractivity contribution in [2.75, 3.05) is 24.4 Å². The Labute approximate surface area is 249 Å². The fourth-order valence-corrected chi connectivity index (χ4v) is 5.40.